The molecule has 0 aliphatic rings. The highest BCUT2D eigenvalue weighted by Gasteiger charge is 1.98. The third-order valence-corrected chi connectivity index (χ3v) is 2.50. The number of hydrogen-bond acceptors (Lipinski definition) is 7. The fourth-order valence-electron chi connectivity index (χ4n) is 1.43. The maximum atomic E-state index is 11.7. The van der Waals surface area contributed by atoms with Crippen molar-refractivity contribution in [1.29, 1.82) is 0 Å². The van der Waals surface area contributed by atoms with Gasteiger partial charge >= 0.3 is 0 Å². The van der Waals surface area contributed by atoms with Crippen LogP contribution in [0.25, 0.3) is 12.2 Å². The second-order valence-corrected chi connectivity index (χ2v) is 4.15. The number of aromatic nitrogens is 4. The largest absolute Gasteiger partial charge is 0.379 e. The summed E-state index contributed by atoms with van der Waals surface area (Å²) in [6.45, 7) is 0. The van der Waals surface area contributed by atoms with Crippen molar-refractivity contribution in [2.24, 2.45) is 0 Å². The lowest BCUT2D eigenvalue weighted by Gasteiger charge is -1.94. The molecule has 0 fully saturated rings. The van der Waals surface area contributed by atoms with Crippen molar-refractivity contribution in [2.75, 3.05) is 11.5 Å². The van der Waals surface area contributed by atoms with Crippen molar-refractivity contribution >= 4 is 29.6 Å². The molecule has 0 saturated carbocycles. The Bertz CT molecular complexity index is 806. The molecule has 2 aromatic heterocycles. The van der Waals surface area contributed by atoms with E-state index in [9.17, 15) is 14.4 Å². The van der Waals surface area contributed by atoms with Crippen LogP contribution in [0, 0.1) is 0 Å². The van der Waals surface area contributed by atoms with E-state index in [2.05, 4.69) is 19.9 Å². The number of nitrogens with one attached hydrogen (secondary N) is 2. The molecule has 9 heteroatoms. The van der Waals surface area contributed by atoms with Gasteiger partial charge in [0.25, 0.3) is 11.1 Å². The molecule has 0 aromatic carbocycles. The lowest BCUT2D eigenvalue weighted by atomic mass is 10.2. The summed E-state index contributed by atoms with van der Waals surface area (Å²) in [5.74, 6) is -0.714. The fourth-order valence-corrected chi connectivity index (χ4v) is 1.43. The first-order chi connectivity index (χ1) is 10.5. The minimum absolute atomic E-state index is 0.182. The van der Waals surface area contributed by atoms with E-state index in [1.54, 1.807) is 0 Å². The van der Waals surface area contributed by atoms with Crippen molar-refractivity contribution < 1.29 is 4.79 Å². The summed E-state index contributed by atoms with van der Waals surface area (Å²) in [6.07, 6.45) is 7.94. The zero-order chi connectivity index (χ0) is 16.1. The van der Waals surface area contributed by atoms with E-state index in [4.69, 9.17) is 11.5 Å². The van der Waals surface area contributed by atoms with Gasteiger partial charge < -0.3 is 21.4 Å². The Morgan fingerprint density at radius 2 is 1.32 bits per heavy atom. The Balaban J connectivity index is 2.08. The Kier molecular flexibility index (Phi) is 4.27. The van der Waals surface area contributed by atoms with Crippen molar-refractivity contribution in [3.05, 3.63) is 56.6 Å². The number of carbonyl (C=O) groups is 1. The number of carbonyl (C=O) groups excluding carboxylic acids is 1. The van der Waals surface area contributed by atoms with Gasteiger partial charge in [-0.05, 0) is 24.3 Å². The molecule has 0 spiro atoms. The highest BCUT2D eigenvalue weighted by atomic mass is 16.1. The fraction of sp³-hybridized carbons (Fsp3) is 0. The van der Waals surface area contributed by atoms with Crippen LogP contribution < -0.4 is 22.6 Å². The molecule has 0 aliphatic heterocycles. The molecule has 0 radical (unpaired) electrons. The number of nitrogen functional groups attached to an aromatic ring is 2. The average molecular weight is 300 g/mol. The first-order valence-corrected chi connectivity index (χ1v) is 6.06. The van der Waals surface area contributed by atoms with Crippen LogP contribution in [0.15, 0.2) is 34.1 Å². The summed E-state index contributed by atoms with van der Waals surface area (Å²) >= 11 is 0. The Labute approximate surface area is 123 Å². The van der Waals surface area contributed by atoms with Crippen LogP contribution in [-0.2, 0) is 4.79 Å². The van der Waals surface area contributed by atoms with E-state index in [-0.39, 0.29) is 17.4 Å². The van der Waals surface area contributed by atoms with E-state index in [1.165, 1.54) is 36.7 Å². The van der Waals surface area contributed by atoms with Crippen LogP contribution in [0.4, 0.5) is 11.6 Å². The Hall–Kier alpha value is -3.49. The molecule has 112 valence electrons. The predicted molar refractivity (Wildman–Crippen MR) is 81.6 cm³/mol. The number of allylic oxidation sites excluding steroid dienone is 2. The van der Waals surface area contributed by atoms with Gasteiger partial charge in [-0.1, -0.05) is 0 Å². The van der Waals surface area contributed by atoms with Gasteiger partial charge in [0.1, 0.15) is 0 Å². The highest BCUT2D eigenvalue weighted by Crippen LogP contribution is 1.99. The van der Waals surface area contributed by atoms with Crippen LogP contribution in [0.3, 0.4) is 0 Å². The topological polar surface area (TPSA) is 161 Å². The smallest absolute Gasteiger partial charge is 0.290 e. The molecule has 0 amide bonds. The average Bonchev–Trinajstić information content (AvgIpc) is 2.49. The number of hydrogen-bond donors (Lipinski definition) is 4. The van der Waals surface area contributed by atoms with E-state index in [1.807, 2.05) is 0 Å². The van der Waals surface area contributed by atoms with Crippen molar-refractivity contribution in [2.45, 2.75) is 0 Å². The number of anilines is 2. The minimum atomic E-state index is -0.495. The third-order valence-electron chi connectivity index (χ3n) is 2.50. The number of nitrogens with two attached hydrogens (primary N) is 2. The molecule has 0 bridgehead atoms. The summed E-state index contributed by atoms with van der Waals surface area (Å²) in [6, 6.07) is 0. The number of rotatable bonds is 4. The molecule has 0 aliphatic carbocycles. The molecule has 2 heterocycles. The van der Waals surface area contributed by atoms with Gasteiger partial charge in [-0.3, -0.25) is 14.4 Å². The minimum Gasteiger partial charge on any atom is -0.379 e. The number of aromatic amines is 2. The van der Waals surface area contributed by atoms with Gasteiger partial charge in [0.2, 0.25) is 0 Å². The van der Waals surface area contributed by atoms with Gasteiger partial charge in [-0.15, -0.1) is 0 Å². The molecule has 2 aromatic rings. The Morgan fingerprint density at radius 3 is 1.68 bits per heavy atom. The highest BCUT2D eigenvalue weighted by molar-refractivity contribution is 6.04. The van der Waals surface area contributed by atoms with E-state index >= 15 is 0 Å². The van der Waals surface area contributed by atoms with E-state index in [0.29, 0.717) is 11.4 Å². The van der Waals surface area contributed by atoms with Gasteiger partial charge in [0.05, 0.1) is 11.4 Å². The second-order valence-electron chi connectivity index (χ2n) is 4.15. The van der Waals surface area contributed by atoms with Crippen LogP contribution in [-0.4, -0.2) is 25.7 Å². The zero-order valence-corrected chi connectivity index (χ0v) is 11.2. The molecule has 0 saturated heterocycles. The molecular weight excluding hydrogens is 288 g/mol. The second kappa shape index (κ2) is 6.31. The summed E-state index contributed by atoms with van der Waals surface area (Å²) < 4.78 is 0. The molecule has 0 unspecified atom stereocenters. The normalized spacial score (nSPS) is 11.3. The first kappa shape index (κ1) is 14.9. The standard InChI is InChI=1S/C13H12N6O3/c14-10-12(21)16-5-7(18-10)1-3-9(20)4-2-8-6-17-13(22)11(15)19-8/h1-6H,(H2,14,18)(H2,15,19)(H,16,21)(H,17,22)/b3-1+,4-2+. The third kappa shape index (κ3) is 3.76. The molecule has 22 heavy (non-hydrogen) atoms. The monoisotopic (exact) mass is 300 g/mol. The van der Waals surface area contributed by atoms with Crippen molar-refractivity contribution in [1.82, 2.24) is 19.9 Å². The van der Waals surface area contributed by atoms with Crippen molar-refractivity contribution in [3.63, 3.8) is 0 Å². The lowest BCUT2D eigenvalue weighted by molar-refractivity contribution is -0.110. The molecule has 0 atom stereocenters. The molecular formula is C13H12N6O3. The van der Waals surface area contributed by atoms with Crippen molar-refractivity contribution in [3.8, 4) is 0 Å². The number of H-pyrrole nitrogens is 2. The van der Waals surface area contributed by atoms with Gasteiger partial charge in [0, 0.05) is 12.4 Å². The predicted octanol–water partition coefficient (Wildman–Crippen LogP) is -0.687. The van der Waals surface area contributed by atoms with Gasteiger partial charge in [-0.25, -0.2) is 9.97 Å². The van der Waals surface area contributed by atoms with E-state index in [0.717, 1.165) is 0 Å². The molecule has 2 rings (SSSR count). The maximum Gasteiger partial charge on any atom is 0.290 e. The summed E-state index contributed by atoms with van der Waals surface area (Å²) in [7, 11) is 0. The van der Waals surface area contributed by atoms with Crippen LogP contribution in [0.1, 0.15) is 11.4 Å². The maximum absolute atomic E-state index is 11.7. The van der Waals surface area contributed by atoms with Crippen LogP contribution in [0.5, 0.6) is 0 Å². The van der Waals surface area contributed by atoms with E-state index < -0.39 is 11.1 Å². The Morgan fingerprint density at radius 1 is 0.909 bits per heavy atom. The van der Waals surface area contributed by atoms with Gasteiger partial charge in [-0.2, -0.15) is 0 Å². The van der Waals surface area contributed by atoms with Crippen LogP contribution >= 0.6 is 0 Å². The van der Waals surface area contributed by atoms with Gasteiger partial charge in [0.15, 0.2) is 17.4 Å². The van der Waals surface area contributed by atoms with Crippen LogP contribution in [0.2, 0.25) is 0 Å². The zero-order valence-electron chi connectivity index (χ0n) is 11.2. The first-order valence-electron chi connectivity index (χ1n) is 6.06. The summed E-state index contributed by atoms with van der Waals surface area (Å²) in [5, 5.41) is 0. The SMILES string of the molecule is Nc1nc(/C=C/C(=O)/C=C/c2c[nH]c(=O)c(N)n2)c[nH]c1=O. The number of ketones is 1. The molecule has 9 nitrogen and oxygen atoms in total. The molecule has 6 N–H and O–H groups in total. The number of nitrogens with zero attached hydrogens (tertiary/aromatic N) is 2. The summed E-state index contributed by atoms with van der Waals surface area (Å²) in [4.78, 5) is 46.1. The summed E-state index contributed by atoms with van der Waals surface area (Å²) in [5.41, 5.74) is 10.4. The lowest BCUT2D eigenvalue weighted by Crippen LogP contribution is -2.13. The quantitative estimate of drug-likeness (QED) is 0.543.